The molecule has 0 bridgehead atoms. The molecule has 0 saturated carbocycles. The van der Waals surface area contributed by atoms with E-state index < -0.39 is 0 Å². The molecule has 1 aromatic rings. The maximum absolute atomic E-state index is 5.22. The van der Waals surface area contributed by atoms with Crippen LogP contribution in [0.1, 0.15) is 26.3 Å². The first-order chi connectivity index (χ1) is 7.02. The molecule has 0 fully saturated rings. The van der Waals surface area contributed by atoms with Gasteiger partial charge in [-0.25, -0.2) is 0 Å². The summed E-state index contributed by atoms with van der Waals surface area (Å²) in [5.41, 5.74) is 3.74. The number of hydrogen-bond acceptors (Lipinski definition) is 2. The highest BCUT2D eigenvalue weighted by Gasteiger charge is 2.22. The molecule has 0 aromatic heterocycles. The van der Waals surface area contributed by atoms with Gasteiger partial charge in [-0.15, -0.1) is 17.0 Å². The Hall–Kier alpha value is -0.960. The highest BCUT2D eigenvalue weighted by molar-refractivity contribution is 8.93. The normalized spacial score (nSPS) is 16.4. The van der Waals surface area contributed by atoms with Crippen molar-refractivity contribution in [2.24, 2.45) is 0 Å². The Bertz CT molecular complexity index is 424. The zero-order chi connectivity index (χ0) is 11.1. The fraction of sp³-hybridized carbons (Fsp3) is 0.385. The maximum Gasteiger partial charge on any atom is 0.120 e. The van der Waals surface area contributed by atoms with Gasteiger partial charge >= 0.3 is 0 Å². The average Bonchev–Trinajstić information content (AvgIpc) is 2.14. The van der Waals surface area contributed by atoms with E-state index in [9.17, 15) is 0 Å². The fourth-order valence-corrected chi connectivity index (χ4v) is 2.10. The van der Waals surface area contributed by atoms with E-state index in [2.05, 4.69) is 38.2 Å². The summed E-state index contributed by atoms with van der Waals surface area (Å²) < 4.78 is 5.22. The van der Waals surface area contributed by atoms with Crippen molar-refractivity contribution in [3.63, 3.8) is 0 Å². The Balaban J connectivity index is 0.00000128. The van der Waals surface area contributed by atoms with E-state index in [0.29, 0.717) is 0 Å². The standard InChI is InChI=1S/C13H17NO.BrH/c1-9-8-13(2,3)14-12-7-10(15-4)5-6-11(9)12;/h5-8,14H,1-4H3;1H. The number of fused-ring (bicyclic) bond motifs is 1. The summed E-state index contributed by atoms with van der Waals surface area (Å²) in [6.07, 6.45) is 2.25. The summed E-state index contributed by atoms with van der Waals surface area (Å²) in [6, 6.07) is 6.14. The van der Waals surface area contributed by atoms with Crippen molar-refractivity contribution in [2.45, 2.75) is 26.3 Å². The molecule has 1 aliphatic rings. The molecule has 0 unspecified atom stereocenters. The van der Waals surface area contributed by atoms with Crippen LogP contribution in [0.5, 0.6) is 5.75 Å². The SMILES string of the molecule is Br.COc1ccc2c(c1)NC(C)(C)C=C2C. The van der Waals surface area contributed by atoms with Gasteiger partial charge in [0.25, 0.3) is 0 Å². The minimum atomic E-state index is 0. The molecule has 2 nitrogen and oxygen atoms in total. The molecule has 1 N–H and O–H groups in total. The van der Waals surface area contributed by atoms with E-state index in [4.69, 9.17) is 4.74 Å². The average molecular weight is 284 g/mol. The third kappa shape index (κ3) is 2.40. The van der Waals surface area contributed by atoms with Gasteiger partial charge in [-0.3, -0.25) is 0 Å². The Morgan fingerprint density at radius 1 is 1.25 bits per heavy atom. The van der Waals surface area contributed by atoms with Gasteiger partial charge in [-0.05, 0) is 38.5 Å². The molecular weight excluding hydrogens is 266 g/mol. The summed E-state index contributed by atoms with van der Waals surface area (Å²) in [4.78, 5) is 0. The quantitative estimate of drug-likeness (QED) is 0.845. The van der Waals surface area contributed by atoms with Crippen LogP contribution in [0, 0.1) is 0 Å². The van der Waals surface area contributed by atoms with Crippen molar-refractivity contribution in [2.75, 3.05) is 12.4 Å². The summed E-state index contributed by atoms with van der Waals surface area (Å²) in [6.45, 7) is 6.48. The smallest absolute Gasteiger partial charge is 0.120 e. The highest BCUT2D eigenvalue weighted by atomic mass is 79.9. The van der Waals surface area contributed by atoms with Gasteiger partial charge in [0.1, 0.15) is 5.75 Å². The van der Waals surface area contributed by atoms with E-state index in [1.54, 1.807) is 7.11 Å². The van der Waals surface area contributed by atoms with Crippen molar-refractivity contribution in [1.82, 2.24) is 0 Å². The monoisotopic (exact) mass is 283 g/mol. The Kier molecular flexibility index (Phi) is 3.68. The number of benzene rings is 1. The van der Waals surface area contributed by atoms with Crippen molar-refractivity contribution in [3.05, 3.63) is 29.8 Å². The second-order valence-electron chi connectivity index (χ2n) is 4.59. The van der Waals surface area contributed by atoms with Gasteiger partial charge in [0.15, 0.2) is 0 Å². The number of rotatable bonds is 1. The number of anilines is 1. The molecule has 0 saturated heterocycles. The second-order valence-corrected chi connectivity index (χ2v) is 4.59. The van der Waals surface area contributed by atoms with E-state index in [1.807, 2.05) is 12.1 Å². The lowest BCUT2D eigenvalue weighted by atomic mass is 9.91. The lowest BCUT2D eigenvalue weighted by Gasteiger charge is -2.31. The molecule has 0 amide bonds. The molecule has 1 heterocycles. The topological polar surface area (TPSA) is 21.3 Å². The largest absolute Gasteiger partial charge is 0.497 e. The summed E-state index contributed by atoms with van der Waals surface area (Å²) in [5.74, 6) is 0.895. The minimum Gasteiger partial charge on any atom is -0.497 e. The van der Waals surface area contributed by atoms with E-state index in [0.717, 1.165) is 11.4 Å². The third-order valence-corrected chi connectivity index (χ3v) is 2.69. The van der Waals surface area contributed by atoms with Gasteiger partial charge < -0.3 is 10.1 Å². The third-order valence-electron chi connectivity index (χ3n) is 2.69. The van der Waals surface area contributed by atoms with Crippen molar-refractivity contribution < 1.29 is 4.74 Å². The van der Waals surface area contributed by atoms with Crippen molar-refractivity contribution in [3.8, 4) is 5.75 Å². The molecule has 1 aliphatic heterocycles. The Morgan fingerprint density at radius 2 is 1.94 bits per heavy atom. The minimum absolute atomic E-state index is 0. The van der Waals surface area contributed by atoms with E-state index >= 15 is 0 Å². The predicted molar refractivity (Wildman–Crippen MR) is 74.7 cm³/mol. The van der Waals surface area contributed by atoms with E-state index in [-0.39, 0.29) is 22.5 Å². The van der Waals surface area contributed by atoms with Crippen LogP contribution in [0.3, 0.4) is 0 Å². The second kappa shape index (κ2) is 4.50. The van der Waals surface area contributed by atoms with Crippen LogP contribution < -0.4 is 10.1 Å². The van der Waals surface area contributed by atoms with Crippen LogP contribution in [0.2, 0.25) is 0 Å². The van der Waals surface area contributed by atoms with Gasteiger partial charge in [0.2, 0.25) is 0 Å². The maximum atomic E-state index is 5.22. The van der Waals surface area contributed by atoms with Crippen LogP contribution in [-0.4, -0.2) is 12.6 Å². The van der Waals surface area contributed by atoms with Crippen LogP contribution >= 0.6 is 17.0 Å². The molecule has 0 aliphatic carbocycles. The molecule has 3 heteroatoms. The van der Waals surface area contributed by atoms with Crippen LogP contribution in [0.4, 0.5) is 5.69 Å². The zero-order valence-corrected chi connectivity index (χ0v) is 11.8. The highest BCUT2D eigenvalue weighted by Crippen LogP contribution is 2.35. The number of hydrogen-bond donors (Lipinski definition) is 1. The van der Waals surface area contributed by atoms with Crippen molar-refractivity contribution in [1.29, 1.82) is 0 Å². The van der Waals surface area contributed by atoms with Crippen LogP contribution in [0.25, 0.3) is 5.57 Å². The summed E-state index contributed by atoms with van der Waals surface area (Å²) in [5, 5.41) is 3.48. The van der Waals surface area contributed by atoms with E-state index in [1.165, 1.54) is 11.1 Å². The summed E-state index contributed by atoms with van der Waals surface area (Å²) >= 11 is 0. The molecule has 0 atom stereocenters. The number of allylic oxidation sites excluding steroid dienone is 1. The first-order valence-electron chi connectivity index (χ1n) is 5.18. The Morgan fingerprint density at radius 3 is 2.56 bits per heavy atom. The number of methoxy groups -OCH3 is 1. The molecule has 0 spiro atoms. The summed E-state index contributed by atoms with van der Waals surface area (Å²) in [7, 11) is 1.69. The lowest BCUT2D eigenvalue weighted by Crippen LogP contribution is -2.31. The Labute approximate surface area is 107 Å². The van der Waals surface area contributed by atoms with Gasteiger partial charge in [-0.2, -0.15) is 0 Å². The fourth-order valence-electron chi connectivity index (χ4n) is 2.10. The number of nitrogens with one attached hydrogen (secondary N) is 1. The molecule has 1 aromatic carbocycles. The molecule has 88 valence electrons. The number of halogens is 1. The number of ether oxygens (including phenoxy) is 1. The van der Waals surface area contributed by atoms with Crippen LogP contribution in [-0.2, 0) is 0 Å². The first kappa shape index (κ1) is 13.1. The molecule has 2 rings (SSSR count). The first-order valence-corrected chi connectivity index (χ1v) is 5.18. The molecule has 0 radical (unpaired) electrons. The zero-order valence-electron chi connectivity index (χ0n) is 10.1. The van der Waals surface area contributed by atoms with Crippen molar-refractivity contribution >= 4 is 28.2 Å². The van der Waals surface area contributed by atoms with Gasteiger partial charge in [0, 0.05) is 17.3 Å². The molecule has 16 heavy (non-hydrogen) atoms. The van der Waals surface area contributed by atoms with Crippen LogP contribution in [0.15, 0.2) is 24.3 Å². The lowest BCUT2D eigenvalue weighted by molar-refractivity contribution is 0.415. The predicted octanol–water partition coefficient (Wildman–Crippen LogP) is 3.88. The van der Waals surface area contributed by atoms with Gasteiger partial charge in [0.05, 0.1) is 12.6 Å². The molecular formula is C13H18BrNO. The van der Waals surface area contributed by atoms with Gasteiger partial charge in [-0.1, -0.05) is 6.08 Å².